The molecule has 1 heterocycles. The maximum Gasteiger partial charge on any atom is 0.416 e. The van der Waals surface area contributed by atoms with Gasteiger partial charge < -0.3 is 10.2 Å². The van der Waals surface area contributed by atoms with Gasteiger partial charge >= 0.3 is 12.4 Å². The Morgan fingerprint density at radius 1 is 0.969 bits per heavy atom. The summed E-state index contributed by atoms with van der Waals surface area (Å²) in [5, 5.41) is 3.05. The van der Waals surface area contributed by atoms with Crippen LogP contribution in [-0.2, 0) is 23.7 Å². The molecular weight excluding hydrogens is 465 g/mol. The standard InChI is InChI=1S/C21H19F7N2O.ClH/c1-30(11-12-6-14(20(23,24)25)8-15(7-12)21(26,27)28)19(31)18-10-29-9-17(18)13-2-4-16(22)5-3-13;/h2-8,17-18,29H,9-11H2,1H3;1H. The molecule has 0 bridgehead atoms. The van der Waals surface area contributed by atoms with Crippen LogP contribution in [-0.4, -0.2) is 30.9 Å². The molecule has 2 aromatic carbocycles. The highest BCUT2D eigenvalue weighted by Crippen LogP contribution is 2.37. The second-order valence-electron chi connectivity index (χ2n) is 7.53. The zero-order valence-electron chi connectivity index (χ0n) is 16.7. The van der Waals surface area contributed by atoms with E-state index in [1.165, 1.54) is 19.2 Å². The normalized spacial score (nSPS) is 18.9. The summed E-state index contributed by atoms with van der Waals surface area (Å²) < 4.78 is 91.6. The van der Waals surface area contributed by atoms with Crippen molar-refractivity contribution in [3.8, 4) is 0 Å². The Bertz CT molecular complexity index is 912. The summed E-state index contributed by atoms with van der Waals surface area (Å²) in [7, 11) is 1.33. The van der Waals surface area contributed by atoms with E-state index in [0.29, 0.717) is 25.2 Å². The number of carbonyl (C=O) groups is 1. The molecule has 0 aliphatic carbocycles. The fraction of sp³-hybridized carbons (Fsp3) is 0.381. The SMILES string of the molecule is CN(Cc1cc(C(F)(F)F)cc(C(F)(F)F)c1)C(=O)C1CNCC1c1ccc(F)cc1.Cl. The summed E-state index contributed by atoms with van der Waals surface area (Å²) in [4.78, 5) is 14.0. The van der Waals surface area contributed by atoms with Gasteiger partial charge in [-0.2, -0.15) is 26.3 Å². The van der Waals surface area contributed by atoms with Gasteiger partial charge in [0.1, 0.15) is 5.82 Å². The van der Waals surface area contributed by atoms with E-state index in [9.17, 15) is 35.5 Å². The number of halogens is 8. The van der Waals surface area contributed by atoms with E-state index in [2.05, 4.69) is 5.32 Å². The Balaban J connectivity index is 0.00000363. The highest BCUT2D eigenvalue weighted by molar-refractivity contribution is 5.85. The van der Waals surface area contributed by atoms with Crippen molar-refractivity contribution in [2.45, 2.75) is 24.8 Å². The van der Waals surface area contributed by atoms with Crippen molar-refractivity contribution in [2.75, 3.05) is 20.1 Å². The molecule has 2 aromatic rings. The molecule has 0 aromatic heterocycles. The number of rotatable bonds is 4. The smallest absolute Gasteiger partial charge is 0.341 e. The van der Waals surface area contributed by atoms with Gasteiger partial charge in [-0.25, -0.2) is 4.39 Å². The van der Waals surface area contributed by atoms with Crippen molar-refractivity contribution in [1.82, 2.24) is 10.2 Å². The van der Waals surface area contributed by atoms with Gasteiger partial charge in [0.15, 0.2) is 0 Å². The fourth-order valence-corrected chi connectivity index (χ4v) is 3.74. The van der Waals surface area contributed by atoms with Crippen molar-refractivity contribution in [3.05, 3.63) is 70.5 Å². The first-order valence-corrected chi connectivity index (χ1v) is 9.36. The molecule has 1 N–H and O–H groups in total. The Morgan fingerprint density at radius 2 is 1.50 bits per heavy atom. The minimum atomic E-state index is -4.96. The monoisotopic (exact) mass is 484 g/mol. The van der Waals surface area contributed by atoms with Crippen molar-refractivity contribution in [2.24, 2.45) is 5.92 Å². The van der Waals surface area contributed by atoms with Gasteiger partial charge in [-0.3, -0.25) is 4.79 Å². The zero-order chi connectivity index (χ0) is 23.0. The predicted octanol–water partition coefficient (Wildman–Crippen LogP) is 5.25. The van der Waals surface area contributed by atoms with Crippen LogP contribution in [0.2, 0.25) is 0 Å². The topological polar surface area (TPSA) is 32.3 Å². The second-order valence-corrected chi connectivity index (χ2v) is 7.53. The quantitative estimate of drug-likeness (QED) is 0.601. The molecule has 2 atom stereocenters. The average molecular weight is 485 g/mol. The van der Waals surface area contributed by atoms with E-state index in [0.717, 1.165) is 10.5 Å². The van der Waals surface area contributed by atoms with Crippen molar-refractivity contribution in [3.63, 3.8) is 0 Å². The van der Waals surface area contributed by atoms with Crippen molar-refractivity contribution >= 4 is 18.3 Å². The maximum absolute atomic E-state index is 13.2. The van der Waals surface area contributed by atoms with E-state index in [-0.39, 0.29) is 30.0 Å². The maximum atomic E-state index is 13.2. The third kappa shape index (κ3) is 5.92. The van der Waals surface area contributed by atoms with Crippen LogP contribution in [0, 0.1) is 11.7 Å². The van der Waals surface area contributed by atoms with E-state index in [1.807, 2.05) is 0 Å². The summed E-state index contributed by atoms with van der Waals surface area (Å²) in [5.74, 6) is -1.73. The fourth-order valence-electron chi connectivity index (χ4n) is 3.74. The Morgan fingerprint density at radius 3 is 2.00 bits per heavy atom. The van der Waals surface area contributed by atoms with Crippen LogP contribution in [0.15, 0.2) is 42.5 Å². The van der Waals surface area contributed by atoms with E-state index < -0.39 is 47.7 Å². The number of nitrogens with zero attached hydrogens (tertiary/aromatic N) is 1. The molecule has 3 nitrogen and oxygen atoms in total. The summed E-state index contributed by atoms with van der Waals surface area (Å²) in [6.07, 6.45) is -9.91. The van der Waals surface area contributed by atoms with Gasteiger partial charge in [0, 0.05) is 32.6 Å². The van der Waals surface area contributed by atoms with Crippen LogP contribution in [0.1, 0.15) is 28.2 Å². The number of amides is 1. The lowest BCUT2D eigenvalue weighted by Gasteiger charge is -2.25. The second kappa shape index (κ2) is 9.66. The molecule has 1 saturated heterocycles. The highest BCUT2D eigenvalue weighted by atomic mass is 35.5. The lowest BCUT2D eigenvalue weighted by atomic mass is 9.88. The number of carbonyl (C=O) groups excluding carboxylic acids is 1. The number of alkyl halides is 6. The van der Waals surface area contributed by atoms with E-state index in [1.54, 1.807) is 12.1 Å². The van der Waals surface area contributed by atoms with Crippen LogP contribution in [0.3, 0.4) is 0 Å². The third-order valence-electron chi connectivity index (χ3n) is 5.27. The molecule has 1 amide bonds. The zero-order valence-corrected chi connectivity index (χ0v) is 17.5. The van der Waals surface area contributed by atoms with Gasteiger partial charge in [-0.15, -0.1) is 12.4 Å². The lowest BCUT2D eigenvalue weighted by molar-refractivity contribution is -0.143. The number of hydrogen-bond acceptors (Lipinski definition) is 2. The van der Waals surface area contributed by atoms with Crippen LogP contribution < -0.4 is 5.32 Å². The van der Waals surface area contributed by atoms with Crippen LogP contribution in [0.4, 0.5) is 30.7 Å². The molecule has 1 aliphatic rings. The van der Waals surface area contributed by atoms with Gasteiger partial charge in [-0.05, 0) is 41.5 Å². The van der Waals surface area contributed by atoms with Crippen LogP contribution >= 0.6 is 12.4 Å². The largest absolute Gasteiger partial charge is 0.416 e. The number of hydrogen-bond donors (Lipinski definition) is 1. The van der Waals surface area contributed by atoms with E-state index in [4.69, 9.17) is 0 Å². The summed E-state index contributed by atoms with van der Waals surface area (Å²) in [6.45, 7) is 0.317. The van der Waals surface area contributed by atoms with E-state index >= 15 is 0 Å². The minimum Gasteiger partial charge on any atom is -0.341 e. The Kier molecular flexibility index (Phi) is 7.83. The van der Waals surface area contributed by atoms with Gasteiger partial charge in [0.25, 0.3) is 0 Å². The molecule has 2 unspecified atom stereocenters. The molecule has 0 saturated carbocycles. The predicted molar refractivity (Wildman–Crippen MR) is 106 cm³/mol. The summed E-state index contributed by atoms with van der Waals surface area (Å²) in [5.41, 5.74) is -2.41. The first-order valence-electron chi connectivity index (χ1n) is 9.36. The molecule has 0 radical (unpaired) electrons. The Hall–Kier alpha value is -2.33. The molecular formula is C21H20ClF7N2O. The number of benzene rings is 2. The third-order valence-corrected chi connectivity index (χ3v) is 5.27. The molecule has 1 aliphatic heterocycles. The van der Waals surface area contributed by atoms with Crippen LogP contribution in [0.5, 0.6) is 0 Å². The summed E-state index contributed by atoms with van der Waals surface area (Å²) >= 11 is 0. The van der Waals surface area contributed by atoms with Crippen molar-refractivity contribution in [1.29, 1.82) is 0 Å². The molecule has 3 rings (SSSR count). The summed E-state index contributed by atoms with van der Waals surface area (Å²) in [6, 6.07) is 6.91. The average Bonchev–Trinajstić information content (AvgIpc) is 3.16. The highest BCUT2D eigenvalue weighted by Gasteiger charge is 2.38. The number of nitrogens with one attached hydrogen (secondary N) is 1. The van der Waals surface area contributed by atoms with Crippen molar-refractivity contribution < 1.29 is 35.5 Å². The van der Waals surface area contributed by atoms with Gasteiger partial charge in [0.2, 0.25) is 5.91 Å². The van der Waals surface area contributed by atoms with Gasteiger partial charge in [-0.1, -0.05) is 12.1 Å². The lowest BCUT2D eigenvalue weighted by Crippen LogP contribution is -2.35. The first-order chi connectivity index (χ1) is 14.4. The molecule has 11 heteroatoms. The molecule has 176 valence electrons. The van der Waals surface area contributed by atoms with Gasteiger partial charge in [0.05, 0.1) is 17.0 Å². The first kappa shape index (κ1) is 25.9. The molecule has 0 spiro atoms. The molecule has 32 heavy (non-hydrogen) atoms. The minimum absolute atomic E-state index is 0. The van der Waals surface area contributed by atoms with Crippen LogP contribution in [0.25, 0.3) is 0 Å². The molecule has 1 fully saturated rings. The Labute approximate surface area is 186 Å².